The number of nitrogens with one attached hydrogen (secondary N) is 2. The number of nitrogens with two attached hydrogens (primary N) is 1. The van der Waals surface area contributed by atoms with Gasteiger partial charge >= 0.3 is 6.03 Å². The highest BCUT2D eigenvalue weighted by Crippen LogP contribution is 2.08. The smallest absolute Gasteiger partial charge is 0.316 e. The summed E-state index contributed by atoms with van der Waals surface area (Å²) in [5, 5.41) is 5.50. The third-order valence-electron chi connectivity index (χ3n) is 2.85. The average Bonchev–Trinajstić information content (AvgIpc) is 2.33. The predicted octanol–water partition coefficient (Wildman–Crippen LogP) is 0.527. The maximum absolute atomic E-state index is 11.7. The van der Waals surface area contributed by atoms with Gasteiger partial charge in [-0.3, -0.25) is 4.79 Å². The van der Waals surface area contributed by atoms with Crippen LogP contribution < -0.4 is 16.4 Å². The Morgan fingerprint density at radius 3 is 2.21 bits per heavy atom. The van der Waals surface area contributed by atoms with E-state index in [0.717, 1.165) is 19.3 Å². The van der Waals surface area contributed by atoms with Gasteiger partial charge in [-0.15, -0.1) is 0 Å². The van der Waals surface area contributed by atoms with Gasteiger partial charge in [0.1, 0.15) is 0 Å². The number of carbonyl (C=O) groups excluding carboxylic acids is 2. The molecule has 0 spiro atoms. The van der Waals surface area contributed by atoms with Gasteiger partial charge in [0.05, 0.1) is 0 Å². The molecule has 6 nitrogen and oxygen atoms in total. The molecule has 0 radical (unpaired) electrons. The Kier molecular flexibility index (Phi) is 8.95. The Bertz CT molecular complexity index is 280. The number of rotatable bonds is 8. The van der Waals surface area contributed by atoms with Crippen molar-refractivity contribution in [3.05, 3.63) is 0 Å². The molecular formula is C13H28N4O2. The zero-order chi connectivity index (χ0) is 14.8. The summed E-state index contributed by atoms with van der Waals surface area (Å²) in [6, 6.07) is 0.0377. The van der Waals surface area contributed by atoms with Gasteiger partial charge in [-0.25, -0.2) is 4.79 Å². The first-order chi connectivity index (χ1) is 8.84. The van der Waals surface area contributed by atoms with Gasteiger partial charge < -0.3 is 21.3 Å². The van der Waals surface area contributed by atoms with Gasteiger partial charge in [0.15, 0.2) is 0 Å². The second-order valence-corrected chi connectivity index (χ2v) is 5.23. The van der Waals surface area contributed by atoms with Crippen LogP contribution in [0.5, 0.6) is 0 Å². The van der Waals surface area contributed by atoms with Crippen LogP contribution >= 0.6 is 0 Å². The minimum absolute atomic E-state index is 0.0108. The average molecular weight is 272 g/mol. The van der Waals surface area contributed by atoms with E-state index in [0.29, 0.717) is 13.1 Å². The topological polar surface area (TPSA) is 87.5 Å². The Morgan fingerprint density at radius 2 is 1.68 bits per heavy atom. The molecule has 0 bridgehead atoms. The maximum atomic E-state index is 11.7. The number of nitrogens with zero attached hydrogens (tertiary/aromatic N) is 1. The highest BCUT2D eigenvalue weighted by Gasteiger charge is 2.12. The van der Waals surface area contributed by atoms with Crippen molar-refractivity contribution in [3.8, 4) is 0 Å². The molecular weight excluding hydrogens is 244 g/mol. The monoisotopic (exact) mass is 272 g/mol. The molecule has 0 aromatic carbocycles. The summed E-state index contributed by atoms with van der Waals surface area (Å²) in [5.41, 5.74) is 5.66. The molecule has 0 aliphatic heterocycles. The van der Waals surface area contributed by atoms with E-state index in [2.05, 4.69) is 10.6 Å². The van der Waals surface area contributed by atoms with Crippen LogP contribution in [0, 0.1) is 5.92 Å². The fraction of sp³-hybridized carbons (Fsp3) is 0.846. The van der Waals surface area contributed by atoms with E-state index in [-0.39, 0.29) is 23.9 Å². The standard InChI is InChI=1S/C13H28N4O2/c1-10(6-5-7-11(2)14)12(18)15-8-9-16-13(19)17(3)4/h10-11H,5-9,14H2,1-4H3,(H,15,18)(H,16,19). The number of amides is 3. The van der Waals surface area contributed by atoms with E-state index in [1.807, 2.05) is 13.8 Å². The molecule has 0 aromatic rings. The molecule has 0 fully saturated rings. The largest absolute Gasteiger partial charge is 0.354 e. The lowest BCUT2D eigenvalue weighted by Gasteiger charge is -2.14. The summed E-state index contributed by atoms with van der Waals surface area (Å²) in [6.45, 7) is 4.78. The molecule has 2 atom stereocenters. The van der Waals surface area contributed by atoms with Gasteiger partial charge in [0.2, 0.25) is 5.91 Å². The third kappa shape index (κ3) is 9.30. The Hall–Kier alpha value is -1.30. The van der Waals surface area contributed by atoms with Crippen molar-refractivity contribution in [2.24, 2.45) is 11.7 Å². The minimum Gasteiger partial charge on any atom is -0.354 e. The van der Waals surface area contributed by atoms with Crippen LogP contribution in [-0.4, -0.2) is 50.1 Å². The molecule has 0 heterocycles. The third-order valence-corrected chi connectivity index (χ3v) is 2.85. The first-order valence-electron chi connectivity index (χ1n) is 6.83. The second kappa shape index (κ2) is 9.61. The van der Waals surface area contributed by atoms with E-state index in [1.54, 1.807) is 14.1 Å². The lowest BCUT2D eigenvalue weighted by molar-refractivity contribution is -0.124. The molecule has 6 heteroatoms. The molecule has 0 saturated carbocycles. The van der Waals surface area contributed by atoms with Crippen LogP contribution in [0.15, 0.2) is 0 Å². The van der Waals surface area contributed by atoms with Crippen molar-refractivity contribution in [1.29, 1.82) is 0 Å². The Balaban J connectivity index is 3.65. The first kappa shape index (κ1) is 17.7. The summed E-state index contributed by atoms with van der Waals surface area (Å²) < 4.78 is 0. The lowest BCUT2D eigenvalue weighted by Crippen LogP contribution is -2.40. The molecule has 112 valence electrons. The number of hydrogen-bond donors (Lipinski definition) is 3. The van der Waals surface area contributed by atoms with Gasteiger partial charge in [-0.05, 0) is 19.8 Å². The molecule has 0 rings (SSSR count). The number of carbonyl (C=O) groups is 2. The normalized spacial score (nSPS) is 13.5. The molecule has 0 aliphatic rings. The highest BCUT2D eigenvalue weighted by molar-refractivity contribution is 5.78. The van der Waals surface area contributed by atoms with Gasteiger partial charge in [-0.2, -0.15) is 0 Å². The van der Waals surface area contributed by atoms with E-state index in [4.69, 9.17) is 5.73 Å². The van der Waals surface area contributed by atoms with Crippen molar-refractivity contribution in [2.75, 3.05) is 27.2 Å². The number of hydrogen-bond acceptors (Lipinski definition) is 3. The van der Waals surface area contributed by atoms with E-state index in [9.17, 15) is 9.59 Å². The van der Waals surface area contributed by atoms with Crippen LogP contribution in [0.1, 0.15) is 33.1 Å². The van der Waals surface area contributed by atoms with Crippen molar-refractivity contribution in [3.63, 3.8) is 0 Å². The van der Waals surface area contributed by atoms with E-state index >= 15 is 0 Å². The van der Waals surface area contributed by atoms with Crippen molar-refractivity contribution in [2.45, 2.75) is 39.2 Å². The van der Waals surface area contributed by atoms with Gasteiger partial charge in [0, 0.05) is 39.1 Å². The van der Waals surface area contributed by atoms with Gasteiger partial charge in [0.25, 0.3) is 0 Å². The fourth-order valence-corrected chi connectivity index (χ4v) is 1.56. The lowest BCUT2D eigenvalue weighted by atomic mass is 10.0. The van der Waals surface area contributed by atoms with Crippen LogP contribution in [0.2, 0.25) is 0 Å². The summed E-state index contributed by atoms with van der Waals surface area (Å²) in [6.07, 6.45) is 2.75. The molecule has 0 aliphatic carbocycles. The molecule has 3 amide bonds. The summed E-state index contributed by atoms with van der Waals surface area (Å²) in [4.78, 5) is 24.4. The van der Waals surface area contributed by atoms with Crippen LogP contribution in [-0.2, 0) is 4.79 Å². The van der Waals surface area contributed by atoms with Crippen LogP contribution in [0.3, 0.4) is 0 Å². The molecule has 0 saturated heterocycles. The zero-order valence-electron chi connectivity index (χ0n) is 12.5. The molecule has 2 unspecified atom stereocenters. The van der Waals surface area contributed by atoms with E-state index < -0.39 is 0 Å². The zero-order valence-corrected chi connectivity index (χ0v) is 12.5. The summed E-state index contributed by atoms with van der Waals surface area (Å²) >= 11 is 0. The summed E-state index contributed by atoms with van der Waals surface area (Å²) in [7, 11) is 3.35. The van der Waals surface area contributed by atoms with E-state index in [1.165, 1.54) is 4.90 Å². The quantitative estimate of drug-likeness (QED) is 0.563. The SMILES string of the molecule is CC(N)CCCC(C)C(=O)NCCNC(=O)N(C)C. The Morgan fingerprint density at radius 1 is 1.11 bits per heavy atom. The number of urea groups is 1. The Labute approximate surface area is 116 Å². The van der Waals surface area contributed by atoms with Crippen molar-refractivity contribution in [1.82, 2.24) is 15.5 Å². The molecule has 4 N–H and O–H groups in total. The highest BCUT2D eigenvalue weighted by atomic mass is 16.2. The fourth-order valence-electron chi connectivity index (χ4n) is 1.56. The molecule has 0 aromatic heterocycles. The van der Waals surface area contributed by atoms with Crippen molar-refractivity contribution < 1.29 is 9.59 Å². The van der Waals surface area contributed by atoms with Crippen molar-refractivity contribution >= 4 is 11.9 Å². The maximum Gasteiger partial charge on any atom is 0.316 e. The minimum atomic E-state index is -0.153. The van der Waals surface area contributed by atoms with Crippen LogP contribution in [0.4, 0.5) is 4.79 Å². The second-order valence-electron chi connectivity index (χ2n) is 5.23. The van der Waals surface area contributed by atoms with Gasteiger partial charge in [-0.1, -0.05) is 13.3 Å². The summed E-state index contributed by atoms with van der Waals surface area (Å²) in [5.74, 6) is 0.0204. The predicted molar refractivity (Wildman–Crippen MR) is 76.8 cm³/mol. The first-order valence-corrected chi connectivity index (χ1v) is 6.83. The van der Waals surface area contributed by atoms with Crippen LogP contribution in [0.25, 0.3) is 0 Å². The molecule has 19 heavy (non-hydrogen) atoms.